The average molecular weight is 400 g/mol. The zero-order valence-corrected chi connectivity index (χ0v) is 15.5. The Labute approximate surface area is 160 Å². The number of benzene rings is 1. The Kier molecular flexibility index (Phi) is 7.24. The van der Waals surface area contributed by atoms with Crippen molar-refractivity contribution in [3.63, 3.8) is 0 Å². The Balaban J connectivity index is 2.09. The van der Waals surface area contributed by atoms with Gasteiger partial charge in [0.25, 0.3) is 0 Å². The van der Waals surface area contributed by atoms with Crippen molar-refractivity contribution in [1.29, 1.82) is 0 Å². The first-order valence-corrected chi connectivity index (χ1v) is 8.94. The van der Waals surface area contributed by atoms with E-state index in [1.165, 1.54) is 13.0 Å². The molecule has 1 heterocycles. The van der Waals surface area contributed by atoms with Gasteiger partial charge in [-0.3, -0.25) is 14.4 Å². The molecule has 0 aromatic heterocycles. The fourth-order valence-electron chi connectivity index (χ4n) is 2.86. The van der Waals surface area contributed by atoms with Gasteiger partial charge in [0.15, 0.2) is 0 Å². The third-order valence-electron chi connectivity index (χ3n) is 4.24. The lowest BCUT2D eigenvalue weighted by atomic mass is 10.1. The molecule has 0 saturated carbocycles. The molecule has 1 aliphatic heterocycles. The van der Waals surface area contributed by atoms with E-state index in [0.29, 0.717) is 18.8 Å². The molecule has 3 amide bonds. The molecule has 0 aliphatic carbocycles. The van der Waals surface area contributed by atoms with Gasteiger partial charge >= 0.3 is 6.18 Å². The molecule has 154 valence electrons. The Morgan fingerprint density at radius 2 is 1.64 bits per heavy atom. The van der Waals surface area contributed by atoms with E-state index in [2.05, 4.69) is 16.0 Å². The summed E-state index contributed by atoms with van der Waals surface area (Å²) in [5.41, 5.74) is -0.290. The minimum absolute atomic E-state index is 0.0536. The van der Waals surface area contributed by atoms with Crippen LogP contribution in [0.15, 0.2) is 18.2 Å². The fraction of sp³-hybridized carbons (Fsp3) is 0.500. The average Bonchev–Trinajstić information content (AvgIpc) is 2.64. The zero-order valence-electron chi connectivity index (χ0n) is 15.5. The minimum atomic E-state index is -4.54. The first-order chi connectivity index (χ1) is 13.2. The Morgan fingerprint density at radius 3 is 2.25 bits per heavy atom. The predicted octanol–water partition coefficient (Wildman–Crippen LogP) is 1.89. The molecule has 7 nitrogen and oxygen atoms in total. The molecule has 1 aromatic carbocycles. The Morgan fingerprint density at radius 1 is 1.00 bits per heavy atom. The summed E-state index contributed by atoms with van der Waals surface area (Å²) in [5, 5.41) is 7.04. The lowest BCUT2D eigenvalue weighted by Crippen LogP contribution is -2.39. The summed E-state index contributed by atoms with van der Waals surface area (Å²) in [6.07, 6.45) is -1.63. The number of nitrogens with zero attached hydrogens (tertiary/aromatic N) is 1. The number of halogens is 3. The van der Waals surface area contributed by atoms with Crippen LogP contribution in [0.25, 0.3) is 0 Å². The predicted molar refractivity (Wildman–Crippen MR) is 97.8 cm³/mol. The number of amides is 3. The van der Waals surface area contributed by atoms with Gasteiger partial charge in [0, 0.05) is 20.0 Å². The van der Waals surface area contributed by atoms with Crippen molar-refractivity contribution in [2.24, 2.45) is 0 Å². The van der Waals surface area contributed by atoms with Gasteiger partial charge in [-0.1, -0.05) is 0 Å². The maximum atomic E-state index is 13.1. The molecule has 0 radical (unpaired) electrons. The van der Waals surface area contributed by atoms with Crippen LogP contribution in [0.4, 0.5) is 24.5 Å². The number of hydrogen-bond donors (Lipinski definition) is 3. The largest absolute Gasteiger partial charge is 0.416 e. The summed E-state index contributed by atoms with van der Waals surface area (Å²) in [5.74, 6) is -1.63. The van der Waals surface area contributed by atoms with Gasteiger partial charge in [0.2, 0.25) is 17.7 Å². The van der Waals surface area contributed by atoms with Crippen LogP contribution in [0.1, 0.15) is 31.7 Å². The van der Waals surface area contributed by atoms with Crippen molar-refractivity contribution in [3.05, 3.63) is 23.8 Å². The molecule has 28 heavy (non-hydrogen) atoms. The van der Waals surface area contributed by atoms with Crippen LogP contribution in [0.3, 0.4) is 0 Å². The van der Waals surface area contributed by atoms with Crippen LogP contribution in [0.2, 0.25) is 0 Å². The summed E-state index contributed by atoms with van der Waals surface area (Å²) >= 11 is 0. The highest BCUT2D eigenvalue weighted by Gasteiger charge is 2.31. The van der Waals surface area contributed by atoms with Crippen LogP contribution >= 0.6 is 0 Å². The van der Waals surface area contributed by atoms with Gasteiger partial charge in [0.05, 0.1) is 30.0 Å². The van der Waals surface area contributed by atoms with Crippen molar-refractivity contribution in [2.45, 2.75) is 32.4 Å². The third kappa shape index (κ3) is 6.43. The second-order valence-electron chi connectivity index (χ2n) is 6.51. The van der Waals surface area contributed by atoms with Gasteiger partial charge in [0.1, 0.15) is 0 Å². The van der Waals surface area contributed by atoms with E-state index >= 15 is 0 Å². The number of alkyl halides is 3. The van der Waals surface area contributed by atoms with Crippen LogP contribution in [-0.4, -0.2) is 43.9 Å². The molecule has 10 heteroatoms. The summed E-state index contributed by atoms with van der Waals surface area (Å²) in [7, 11) is 0. The summed E-state index contributed by atoms with van der Waals surface area (Å²) < 4.78 is 39.2. The SMILES string of the molecule is CC(=O)NCC(=O)NCC(=O)Nc1cc(C(F)(F)F)ccc1N1CCCCC1. The standard InChI is InChI=1S/C18H23F3N4O3/c1-12(26)22-10-16(27)23-11-17(28)24-14-9-13(18(19,20)21)5-6-15(14)25-7-3-2-4-8-25/h5-6,9H,2-4,7-8,10-11H2,1H3,(H,22,26)(H,23,27)(H,24,28). The highest BCUT2D eigenvalue weighted by Crippen LogP contribution is 2.36. The molecule has 1 fully saturated rings. The normalized spacial score (nSPS) is 14.4. The molecule has 2 rings (SSSR count). The molecular formula is C18H23F3N4O3. The highest BCUT2D eigenvalue weighted by molar-refractivity contribution is 5.97. The second kappa shape index (κ2) is 9.43. The van der Waals surface area contributed by atoms with Crippen LogP contribution in [0, 0.1) is 0 Å². The molecule has 3 N–H and O–H groups in total. The van der Waals surface area contributed by atoms with Gasteiger partial charge in [-0.25, -0.2) is 0 Å². The number of anilines is 2. The number of carbonyl (C=O) groups excluding carboxylic acids is 3. The maximum Gasteiger partial charge on any atom is 0.416 e. The molecule has 1 aliphatic rings. The quantitative estimate of drug-likeness (QED) is 0.680. The lowest BCUT2D eigenvalue weighted by Gasteiger charge is -2.31. The minimum Gasteiger partial charge on any atom is -0.370 e. The molecule has 1 aromatic rings. The molecular weight excluding hydrogens is 377 g/mol. The summed E-state index contributed by atoms with van der Waals surface area (Å²) in [6, 6.07) is 3.26. The maximum absolute atomic E-state index is 13.1. The van der Waals surface area contributed by atoms with Crippen molar-refractivity contribution in [2.75, 3.05) is 36.4 Å². The van der Waals surface area contributed by atoms with Crippen molar-refractivity contribution in [1.82, 2.24) is 10.6 Å². The van der Waals surface area contributed by atoms with E-state index in [9.17, 15) is 27.6 Å². The van der Waals surface area contributed by atoms with Crippen LogP contribution in [0.5, 0.6) is 0 Å². The van der Waals surface area contributed by atoms with Gasteiger partial charge in [-0.15, -0.1) is 0 Å². The van der Waals surface area contributed by atoms with E-state index in [1.54, 1.807) is 0 Å². The number of rotatable bonds is 6. The van der Waals surface area contributed by atoms with Crippen LogP contribution < -0.4 is 20.9 Å². The molecule has 0 bridgehead atoms. The van der Waals surface area contributed by atoms with Crippen molar-refractivity contribution in [3.8, 4) is 0 Å². The number of piperidine rings is 1. The van der Waals surface area contributed by atoms with E-state index in [1.807, 2.05) is 4.90 Å². The fourth-order valence-corrected chi connectivity index (χ4v) is 2.86. The summed E-state index contributed by atoms with van der Waals surface area (Å²) in [4.78, 5) is 36.4. The third-order valence-corrected chi connectivity index (χ3v) is 4.24. The van der Waals surface area contributed by atoms with Crippen molar-refractivity contribution >= 4 is 29.1 Å². The zero-order chi connectivity index (χ0) is 20.7. The monoisotopic (exact) mass is 400 g/mol. The first-order valence-electron chi connectivity index (χ1n) is 8.94. The Bertz CT molecular complexity index is 731. The Hall–Kier alpha value is -2.78. The highest BCUT2D eigenvalue weighted by atomic mass is 19.4. The van der Waals surface area contributed by atoms with Gasteiger partial charge in [-0.05, 0) is 37.5 Å². The van der Waals surface area contributed by atoms with E-state index in [0.717, 1.165) is 31.4 Å². The van der Waals surface area contributed by atoms with E-state index in [4.69, 9.17) is 0 Å². The molecule has 0 atom stereocenters. The topological polar surface area (TPSA) is 90.5 Å². The molecule has 0 spiro atoms. The van der Waals surface area contributed by atoms with Crippen LogP contribution in [-0.2, 0) is 20.6 Å². The molecule has 1 saturated heterocycles. The van der Waals surface area contributed by atoms with Crippen molar-refractivity contribution < 1.29 is 27.6 Å². The number of nitrogens with one attached hydrogen (secondary N) is 3. The van der Waals surface area contributed by atoms with Gasteiger partial charge in [-0.2, -0.15) is 13.2 Å². The van der Waals surface area contributed by atoms with E-state index in [-0.39, 0.29) is 12.2 Å². The smallest absolute Gasteiger partial charge is 0.370 e. The second-order valence-corrected chi connectivity index (χ2v) is 6.51. The lowest BCUT2D eigenvalue weighted by molar-refractivity contribution is -0.137. The van der Waals surface area contributed by atoms with Gasteiger partial charge < -0.3 is 20.9 Å². The number of hydrogen-bond acceptors (Lipinski definition) is 4. The van der Waals surface area contributed by atoms with E-state index < -0.39 is 36.0 Å². The molecule has 0 unspecified atom stereocenters. The summed E-state index contributed by atoms with van der Waals surface area (Å²) in [6.45, 7) is 1.93. The first kappa shape index (κ1) is 21.5. The number of carbonyl (C=O) groups is 3.